The van der Waals surface area contributed by atoms with Gasteiger partial charge in [-0.3, -0.25) is 4.79 Å². The summed E-state index contributed by atoms with van der Waals surface area (Å²) in [4.78, 5) is 11.6. The van der Waals surface area contributed by atoms with Crippen LogP contribution in [0.3, 0.4) is 0 Å². The zero-order valence-electron chi connectivity index (χ0n) is 13.4. The Balaban J connectivity index is 2.82. The van der Waals surface area contributed by atoms with Crippen LogP contribution in [-0.2, 0) is 16.0 Å². The molecule has 0 aliphatic rings. The molecule has 5 nitrogen and oxygen atoms in total. The minimum Gasteiger partial charge on any atom is -0.493 e. The van der Waals surface area contributed by atoms with E-state index in [1.807, 2.05) is 25.1 Å². The van der Waals surface area contributed by atoms with Crippen LogP contribution in [0.15, 0.2) is 18.2 Å². The molecule has 0 aromatic heterocycles. The van der Waals surface area contributed by atoms with Crippen molar-refractivity contribution in [1.29, 1.82) is 0 Å². The van der Waals surface area contributed by atoms with Gasteiger partial charge >= 0.3 is 5.97 Å². The summed E-state index contributed by atoms with van der Waals surface area (Å²) >= 11 is 0. The van der Waals surface area contributed by atoms with E-state index < -0.39 is 5.41 Å². The van der Waals surface area contributed by atoms with Crippen molar-refractivity contribution < 1.29 is 19.0 Å². The SMILES string of the molecule is COC(=O)C(C)(C)COc1ccc(CC(C)N)cc1OC. The first-order valence-corrected chi connectivity index (χ1v) is 6.94. The Morgan fingerprint density at radius 3 is 2.48 bits per heavy atom. The second kappa shape index (κ2) is 7.31. The van der Waals surface area contributed by atoms with E-state index in [4.69, 9.17) is 19.9 Å². The molecule has 2 N–H and O–H groups in total. The Bertz CT molecular complexity index is 483. The van der Waals surface area contributed by atoms with Crippen molar-refractivity contribution >= 4 is 5.97 Å². The summed E-state index contributed by atoms with van der Waals surface area (Å²) in [6, 6.07) is 5.78. The fourth-order valence-electron chi connectivity index (χ4n) is 1.92. The summed E-state index contributed by atoms with van der Waals surface area (Å²) in [7, 11) is 2.96. The first-order valence-electron chi connectivity index (χ1n) is 6.94. The molecular weight excluding hydrogens is 270 g/mol. The van der Waals surface area contributed by atoms with E-state index in [0.29, 0.717) is 11.5 Å². The number of hydrogen-bond acceptors (Lipinski definition) is 5. The van der Waals surface area contributed by atoms with Crippen LogP contribution in [0.1, 0.15) is 26.3 Å². The van der Waals surface area contributed by atoms with E-state index in [1.54, 1.807) is 21.0 Å². The molecule has 1 aromatic carbocycles. The minimum atomic E-state index is -0.718. The third kappa shape index (κ3) is 4.93. The van der Waals surface area contributed by atoms with Crippen molar-refractivity contribution in [3.63, 3.8) is 0 Å². The number of methoxy groups -OCH3 is 2. The highest BCUT2D eigenvalue weighted by atomic mass is 16.5. The zero-order valence-corrected chi connectivity index (χ0v) is 13.4. The van der Waals surface area contributed by atoms with Gasteiger partial charge in [0.25, 0.3) is 0 Å². The standard InChI is InChI=1S/C16H25NO4/c1-11(17)8-12-6-7-13(14(9-12)19-4)21-10-16(2,3)15(18)20-5/h6-7,9,11H,8,10,17H2,1-5H3. The minimum absolute atomic E-state index is 0.0831. The summed E-state index contributed by atoms with van der Waals surface area (Å²) in [5, 5.41) is 0. The Morgan fingerprint density at radius 2 is 1.95 bits per heavy atom. The summed E-state index contributed by atoms with van der Waals surface area (Å²) in [6.07, 6.45) is 0.768. The van der Waals surface area contributed by atoms with Gasteiger partial charge < -0.3 is 19.9 Å². The van der Waals surface area contributed by atoms with Crippen molar-refractivity contribution in [3.8, 4) is 11.5 Å². The van der Waals surface area contributed by atoms with Gasteiger partial charge in [-0.1, -0.05) is 6.07 Å². The lowest BCUT2D eigenvalue weighted by molar-refractivity contribution is -0.152. The summed E-state index contributed by atoms with van der Waals surface area (Å²) in [5.41, 5.74) is 6.16. The van der Waals surface area contributed by atoms with Crippen LogP contribution in [0.5, 0.6) is 11.5 Å². The van der Waals surface area contributed by atoms with Gasteiger partial charge in [-0.2, -0.15) is 0 Å². The van der Waals surface area contributed by atoms with Gasteiger partial charge in [-0.05, 0) is 44.9 Å². The van der Waals surface area contributed by atoms with Crippen molar-refractivity contribution in [1.82, 2.24) is 0 Å². The topological polar surface area (TPSA) is 70.8 Å². The molecule has 0 aliphatic carbocycles. The number of esters is 1. The Kier molecular flexibility index (Phi) is 6.03. The zero-order chi connectivity index (χ0) is 16.0. The normalized spacial score (nSPS) is 12.7. The molecule has 0 saturated heterocycles. The lowest BCUT2D eigenvalue weighted by Gasteiger charge is -2.22. The van der Waals surface area contributed by atoms with Crippen LogP contribution in [-0.4, -0.2) is 32.8 Å². The highest BCUT2D eigenvalue weighted by Crippen LogP contribution is 2.30. The predicted octanol–water partition coefficient (Wildman–Crippen LogP) is 2.16. The molecule has 0 radical (unpaired) electrons. The number of ether oxygens (including phenoxy) is 3. The van der Waals surface area contributed by atoms with Crippen LogP contribution < -0.4 is 15.2 Å². The smallest absolute Gasteiger partial charge is 0.314 e. The molecule has 0 heterocycles. The first kappa shape index (κ1) is 17.3. The lowest BCUT2D eigenvalue weighted by Crippen LogP contribution is -2.32. The van der Waals surface area contributed by atoms with E-state index >= 15 is 0 Å². The Labute approximate surface area is 126 Å². The lowest BCUT2D eigenvalue weighted by atomic mass is 9.95. The maximum atomic E-state index is 11.6. The van der Waals surface area contributed by atoms with Crippen LogP contribution in [0.25, 0.3) is 0 Å². The van der Waals surface area contributed by atoms with E-state index in [9.17, 15) is 4.79 Å². The van der Waals surface area contributed by atoms with Crippen molar-refractivity contribution in [3.05, 3.63) is 23.8 Å². The highest BCUT2D eigenvalue weighted by molar-refractivity contribution is 5.75. The third-order valence-corrected chi connectivity index (χ3v) is 3.11. The maximum Gasteiger partial charge on any atom is 0.314 e. The molecule has 0 bridgehead atoms. The quantitative estimate of drug-likeness (QED) is 0.781. The highest BCUT2D eigenvalue weighted by Gasteiger charge is 2.30. The largest absolute Gasteiger partial charge is 0.493 e. The van der Waals surface area contributed by atoms with Crippen LogP contribution >= 0.6 is 0 Å². The molecule has 0 aliphatic heterocycles. The molecule has 0 saturated carbocycles. The number of carbonyl (C=O) groups excluding carboxylic acids is 1. The molecule has 1 unspecified atom stereocenters. The van der Waals surface area contributed by atoms with Gasteiger partial charge in [0.2, 0.25) is 0 Å². The predicted molar refractivity (Wildman–Crippen MR) is 81.6 cm³/mol. The molecule has 0 spiro atoms. The molecule has 0 amide bonds. The molecule has 21 heavy (non-hydrogen) atoms. The van der Waals surface area contributed by atoms with Crippen LogP contribution in [0.2, 0.25) is 0 Å². The van der Waals surface area contributed by atoms with Crippen LogP contribution in [0, 0.1) is 5.41 Å². The molecular formula is C16H25NO4. The first-order chi connectivity index (χ1) is 9.80. The number of rotatable bonds is 7. The van der Waals surface area contributed by atoms with Crippen LogP contribution in [0.4, 0.5) is 0 Å². The maximum absolute atomic E-state index is 11.6. The number of nitrogens with two attached hydrogens (primary N) is 1. The van der Waals surface area contributed by atoms with Gasteiger partial charge in [0.1, 0.15) is 6.61 Å². The van der Waals surface area contributed by atoms with E-state index in [2.05, 4.69) is 0 Å². The molecule has 118 valence electrons. The van der Waals surface area contributed by atoms with E-state index in [-0.39, 0.29) is 18.6 Å². The number of carbonyl (C=O) groups is 1. The van der Waals surface area contributed by atoms with Crippen molar-refractivity contribution in [2.45, 2.75) is 33.2 Å². The van der Waals surface area contributed by atoms with Gasteiger partial charge in [0.15, 0.2) is 11.5 Å². The molecule has 1 atom stereocenters. The van der Waals surface area contributed by atoms with Crippen molar-refractivity contribution in [2.75, 3.05) is 20.8 Å². The molecule has 0 fully saturated rings. The Hall–Kier alpha value is -1.75. The monoisotopic (exact) mass is 295 g/mol. The fourth-order valence-corrected chi connectivity index (χ4v) is 1.92. The van der Waals surface area contributed by atoms with Gasteiger partial charge in [-0.15, -0.1) is 0 Å². The van der Waals surface area contributed by atoms with Gasteiger partial charge in [0, 0.05) is 6.04 Å². The van der Waals surface area contributed by atoms with E-state index in [1.165, 1.54) is 7.11 Å². The fraction of sp³-hybridized carbons (Fsp3) is 0.562. The molecule has 5 heteroatoms. The molecule has 1 rings (SSSR count). The summed E-state index contributed by atoms with van der Waals surface area (Å²) < 4.78 is 15.8. The van der Waals surface area contributed by atoms with E-state index in [0.717, 1.165) is 12.0 Å². The average Bonchev–Trinajstić information content (AvgIpc) is 2.44. The summed E-state index contributed by atoms with van der Waals surface area (Å²) in [5.74, 6) is 0.923. The number of hydrogen-bond donors (Lipinski definition) is 1. The third-order valence-electron chi connectivity index (χ3n) is 3.11. The summed E-state index contributed by atoms with van der Waals surface area (Å²) in [6.45, 7) is 5.71. The van der Waals surface area contributed by atoms with Crippen molar-refractivity contribution in [2.24, 2.45) is 11.1 Å². The second-order valence-electron chi connectivity index (χ2n) is 5.83. The second-order valence-corrected chi connectivity index (χ2v) is 5.83. The van der Waals surface area contributed by atoms with Gasteiger partial charge in [-0.25, -0.2) is 0 Å². The number of benzene rings is 1. The average molecular weight is 295 g/mol. The molecule has 1 aromatic rings. The Morgan fingerprint density at radius 1 is 1.29 bits per heavy atom. The van der Waals surface area contributed by atoms with Gasteiger partial charge in [0.05, 0.1) is 19.6 Å².